The first-order valence-electron chi connectivity index (χ1n) is 7.68. The first-order chi connectivity index (χ1) is 11.6. The van der Waals surface area contributed by atoms with Crippen LogP contribution in [0.5, 0.6) is 0 Å². The van der Waals surface area contributed by atoms with Gasteiger partial charge in [-0.1, -0.05) is 17.7 Å². The zero-order chi connectivity index (χ0) is 17.1. The van der Waals surface area contributed by atoms with Crippen LogP contribution < -0.4 is 10.2 Å². The van der Waals surface area contributed by atoms with Crippen molar-refractivity contribution in [3.8, 4) is 0 Å². The fourth-order valence-corrected chi connectivity index (χ4v) is 3.07. The van der Waals surface area contributed by atoms with E-state index in [2.05, 4.69) is 10.2 Å². The molecular formula is C16H18ClN3O4. The summed E-state index contributed by atoms with van der Waals surface area (Å²) in [5.74, 6) is -0.895. The van der Waals surface area contributed by atoms with Crippen LogP contribution >= 0.6 is 11.6 Å². The van der Waals surface area contributed by atoms with E-state index in [1.54, 1.807) is 12.1 Å². The van der Waals surface area contributed by atoms with E-state index < -0.39 is 11.8 Å². The average molecular weight is 352 g/mol. The molecule has 24 heavy (non-hydrogen) atoms. The molecule has 2 aliphatic heterocycles. The normalized spacial score (nSPS) is 18.2. The monoisotopic (exact) mass is 351 g/mol. The van der Waals surface area contributed by atoms with E-state index in [1.807, 2.05) is 6.07 Å². The highest BCUT2D eigenvalue weighted by Gasteiger charge is 2.31. The highest BCUT2D eigenvalue weighted by atomic mass is 35.5. The molecule has 2 heterocycles. The second-order valence-electron chi connectivity index (χ2n) is 5.44. The highest BCUT2D eigenvalue weighted by molar-refractivity contribution is 6.34. The number of benzene rings is 1. The second kappa shape index (κ2) is 7.21. The molecule has 1 aromatic rings. The van der Waals surface area contributed by atoms with Crippen molar-refractivity contribution >= 4 is 34.8 Å². The van der Waals surface area contributed by atoms with Crippen molar-refractivity contribution < 1.29 is 19.4 Å². The lowest BCUT2D eigenvalue weighted by molar-refractivity contribution is -0.137. The SMILES string of the molecule is O=C1C=C(Nc2cccc(Cl)c2N2CCOCC2)C(=O)N1CCO. The van der Waals surface area contributed by atoms with Gasteiger partial charge in [0.25, 0.3) is 11.8 Å². The van der Waals surface area contributed by atoms with Crippen LogP contribution in [0.3, 0.4) is 0 Å². The molecule has 0 radical (unpaired) electrons. The molecule has 2 N–H and O–H groups in total. The molecule has 0 saturated carbocycles. The Bertz CT molecular complexity index is 686. The van der Waals surface area contributed by atoms with Gasteiger partial charge in [0.15, 0.2) is 0 Å². The summed E-state index contributed by atoms with van der Waals surface area (Å²) in [4.78, 5) is 27.2. The maximum atomic E-state index is 12.3. The molecule has 1 saturated heterocycles. The van der Waals surface area contributed by atoms with E-state index in [4.69, 9.17) is 21.4 Å². The van der Waals surface area contributed by atoms with Crippen LogP contribution in [0.15, 0.2) is 30.0 Å². The summed E-state index contributed by atoms with van der Waals surface area (Å²) in [7, 11) is 0. The van der Waals surface area contributed by atoms with Gasteiger partial charge in [0.1, 0.15) is 5.70 Å². The first-order valence-corrected chi connectivity index (χ1v) is 8.06. The molecule has 8 heteroatoms. The van der Waals surface area contributed by atoms with Crippen LogP contribution in [0.4, 0.5) is 11.4 Å². The van der Waals surface area contributed by atoms with Gasteiger partial charge in [0.2, 0.25) is 0 Å². The number of carbonyl (C=O) groups excluding carboxylic acids is 2. The third-order valence-electron chi connectivity index (χ3n) is 3.92. The summed E-state index contributed by atoms with van der Waals surface area (Å²) in [6.07, 6.45) is 1.24. The number of β-amino-alcohol motifs (C(OH)–C–C–N with tert-alkyl or cyclic N) is 1. The van der Waals surface area contributed by atoms with Crippen molar-refractivity contribution in [3.63, 3.8) is 0 Å². The summed E-state index contributed by atoms with van der Waals surface area (Å²) < 4.78 is 5.36. The fraction of sp³-hybridized carbons (Fsp3) is 0.375. The topological polar surface area (TPSA) is 82.1 Å². The van der Waals surface area contributed by atoms with E-state index >= 15 is 0 Å². The average Bonchev–Trinajstić information content (AvgIpc) is 2.84. The summed E-state index contributed by atoms with van der Waals surface area (Å²) in [5.41, 5.74) is 1.61. The second-order valence-corrected chi connectivity index (χ2v) is 5.84. The highest BCUT2D eigenvalue weighted by Crippen LogP contribution is 2.35. The maximum absolute atomic E-state index is 12.3. The number of amides is 2. The largest absolute Gasteiger partial charge is 0.395 e. The predicted molar refractivity (Wildman–Crippen MR) is 90.0 cm³/mol. The van der Waals surface area contributed by atoms with Gasteiger partial charge in [-0.3, -0.25) is 14.5 Å². The summed E-state index contributed by atoms with van der Waals surface area (Å²) in [5, 5.41) is 12.5. The molecule has 0 aromatic heterocycles. The number of anilines is 2. The van der Waals surface area contributed by atoms with Crippen molar-refractivity contribution in [2.45, 2.75) is 0 Å². The molecule has 128 valence electrons. The van der Waals surface area contributed by atoms with Crippen LogP contribution in [-0.2, 0) is 14.3 Å². The summed E-state index contributed by atoms with van der Waals surface area (Å²) in [6, 6.07) is 5.37. The number of hydrogen-bond donors (Lipinski definition) is 2. The van der Waals surface area contributed by atoms with Gasteiger partial charge in [-0.05, 0) is 12.1 Å². The molecule has 0 spiro atoms. The zero-order valence-corrected chi connectivity index (χ0v) is 13.8. The van der Waals surface area contributed by atoms with Crippen LogP contribution in [-0.4, -0.2) is 61.3 Å². The number of aliphatic hydroxyl groups excluding tert-OH is 1. The van der Waals surface area contributed by atoms with Gasteiger partial charge in [0, 0.05) is 19.2 Å². The minimum Gasteiger partial charge on any atom is -0.395 e. The molecule has 1 fully saturated rings. The lowest BCUT2D eigenvalue weighted by Gasteiger charge is -2.31. The van der Waals surface area contributed by atoms with Gasteiger partial charge in [0.05, 0.1) is 42.8 Å². The number of hydrogen-bond acceptors (Lipinski definition) is 6. The zero-order valence-electron chi connectivity index (χ0n) is 13.0. The molecule has 0 bridgehead atoms. The van der Waals surface area contributed by atoms with Crippen molar-refractivity contribution in [1.29, 1.82) is 0 Å². The van der Waals surface area contributed by atoms with E-state index in [0.717, 1.165) is 10.6 Å². The fourth-order valence-electron chi connectivity index (χ4n) is 2.78. The third-order valence-corrected chi connectivity index (χ3v) is 4.22. The molecule has 7 nitrogen and oxygen atoms in total. The van der Waals surface area contributed by atoms with E-state index in [0.29, 0.717) is 37.0 Å². The number of imide groups is 1. The minimum atomic E-state index is -0.457. The van der Waals surface area contributed by atoms with Crippen LogP contribution in [0, 0.1) is 0 Å². The van der Waals surface area contributed by atoms with Crippen molar-refractivity contribution in [2.24, 2.45) is 0 Å². The Morgan fingerprint density at radius 1 is 1.25 bits per heavy atom. The Morgan fingerprint density at radius 3 is 2.71 bits per heavy atom. The smallest absolute Gasteiger partial charge is 0.277 e. The first kappa shape index (κ1) is 16.8. The number of nitrogens with zero attached hydrogens (tertiary/aromatic N) is 2. The number of nitrogens with one attached hydrogen (secondary N) is 1. The number of para-hydroxylation sites is 1. The van der Waals surface area contributed by atoms with E-state index in [9.17, 15) is 9.59 Å². The van der Waals surface area contributed by atoms with Crippen LogP contribution in [0.2, 0.25) is 5.02 Å². The molecule has 0 atom stereocenters. The van der Waals surface area contributed by atoms with Gasteiger partial charge < -0.3 is 20.1 Å². The summed E-state index contributed by atoms with van der Waals surface area (Å²) >= 11 is 6.35. The molecule has 1 aromatic carbocycles. The Hall–Kier alpha value is -2.09. The Balaban J connectivity index is 1.86. The Morgan fingerprint density at radius 2 is 2.00 bits per heavy atom. The lowest BCUT2D eigenvalue weighted by atomic mass is 10.2. The summed E-state index contributed by atoms with van der Waals surface area (Å²) in [6.45, 7) is 2.31. The molecule has 3 rings (SSSR count). The van der Waals surface area contributed by atoms with E-state index in [1.165, 1.54) is 6.08 Å². The Kier molecular flexibility index (Phi) is 5.03. The molecule has 2 aliphatic rings. The van der Waals surface area contributed by atoms with E-state index in [-0.39, 0.29) is 18.8 Å². The van der Waals surface area contributed by atoms with Crippen molar-refractivity contribution in [1.82, 2.24) is 4.90 Å². The number of ether oxygens (including phenoxy) is 1. The number of carbonyl (C=O) groups is 2. The molecule has 2 amide bonds. The standard InChI is InChI=1S/C16H18ClN3O4/c17-11-2-1-3-12(15(11)19-5-8-24-9-6-19)18-13-10-14(22)20(4-7-21)16(13)23/h1-3,10,18,21H,4-9H2. The molecule has 0 aliphatic carbocycles. The lowest BCUT2D eigenvalue weighted by Crippen LogP contribution is -2.37. The van der Waals surface area contributed by atoms with Gasteiger partial charge in [-0.15, -0.1) is 0 Å². The van der Waals surface area contributed by atoms with Crippen molar-refractivity contribution in [3.05, 3.63) is 35.0 Å². The molecular weight excluding hydrogens is 334 g/mol. The quantitative estimate of drug-likeness (QED) is 0.765. The maximum Gasteiger partial charge on any atom is 0.277 e. The van der Waals surface area contributed by atoms with Gasteiger partial charge >= 0.3 is 0 Å². The van der Waals surface area contributed by atoms with Crippen molar-refractivity contribution in [2.75, 3.05) is 49.7 Å². The predicted octanol–water partition coefficient (Wildman–Crippen LogP) is 0.833. The minimum absolute atomic E-state index is 0.0226. The Labute approximate surface area is 144 Å². The van der Waals surface area contributed by atoms with Crippen LogP contribution in [0.25, 0.3) is 0 Å². The molecule has 0 unspecified atom stereocenters. The number of aliphatic hydroxyl groups is 1. The van der Waals surface area contributed by atoms with Gasteiger partial charge in [-0.25, -0.2) is 0 Å². The van der Waals surface area contributed by atoms with Gasteiger partial charge in [-0.2, -0.15) is 0 Å². The third kappa shape index (κ3) is 3.24. The number of halogens is 1. The number of rotatable bonds is 5. The van der Waals surface area contributed by atoms with Crippen LogP contribution in [0.1, 0.15) is 0 Å². The number of morpholine rings is 1.